The lowest BCUT2D eigenvalue weighted by Gasteiger charge is -2.30. The summed E-state index contributed by atoms with van der Waals surface area (Å²) in [7, 11) is 0. The molecule has 1 saturated heterocycles. The van der Waals surface area contributed by atoms with Crippen molar-refractivity contribution in [3.8, 4) is 0 Å². The summed E-state index contributed by atoms with van der Waals surface area (Å²) in [5.74, 6) is 0. The van der Waals surface area contributed by atoms with Crippen molar-refractivity contribution in [2.24, 2.45) is 0 Å². The van der Waals surface area contributed by atoms with Crippen LogP contribution < -0.4 is 10.6 Å². The van der Waals surface area contributed by atoms with Crippen LogP contribution in [0.15, 0.2) is 30.3 Å². The number of carbonyl (C=O) groups is 1. The van der Waals surface area contributed by atoms with E-state index < -0.39 is 0 Å². The fourth-order valence-electron chi connectivity index (χ4n) is 3.35. The number of urea groups is 1. The highest BCUT2D eigenvalue weighted by atomic mass is 16.5. The molecule has 2 N–H and O–H groups in total. The van der Waals surface area contributed by atoms with Gasteiger partial charge in [0.15, 0.2) is 0 Å². The van der Waals surface area contributed by atoms with Gasteiger partial charge in [0.25, 0.3) is 0 Å². The molecule has 1 fully saturated rings. The van der Waals surface area contributed by atoms with Gasteiger partial charge in [-0.05, 0) is 39.2 Å². The van der Waals surface area contributed by atoms with Gasteiger partial charge in [-0.25, -0.2) is 4.79 Å². The van der Waals surface area contributed by atoms with Crippen molar-refractivity contribution in [1.82, 2.24) is 15.1 Å². The van der Waals surface area contributed by atoms with Gasteiger partial charge in [-0.1, -0.05) is 30.3 Å². The first-order valence-electron chi connectivity index (χ1n) is 8.86. The topological polar surface area (TPSA) is 68.2 Å². The summed E-state index contributed by atoms with van der Waals surface area (Å²) in [4.78, 5) is 12.4. The van der Waals surface area contributed by atoms with Crippen molar-refractivity contribution in [3.63, 3.8) is 0 Å². The smallest absolute Gasteiger partial charge is 0.319 e. The molecule has 1 aromatic carbocycles. The lowest BCUT2D eigenvalue weighted by atomic mass is 9.97. The summed E-state index contributed by atoms with van der Waals surface area (Å²) >= 11 is 0. The van der Waals surface area contributed by atoms with E-state index in [-0.39, 0.29) is 18.2 Å². The zero-order valence-electron chi connectivity index (χ0n) is 15.1. The molecule has 2 heterocycles. The molecular formula is C19H26N4O2. The first-order chi connectivity index (χ1) is 12.1. The lowest BCUT2D eigenvalue weighted by molar-refractivity contribution is 0.00253. The van der Waals surface area contributed by atoms with Crippen LogP contribution in [0.3, 0.4) is 0 Å². The van der Waals surface area contributed by atoms with Crippen LogP contribution in [0.5, 0.6) is 0 Å². The number of aryl methyl sites for hydroxylation is 2. The Morgan fingerprint density at radius 3 is 2.76 bits per heavy atom. The van der Waals surface area contributed by atoms with Crippen LogP contribution in [-0.4, -0.2) is 28.5 Å². The molecule has 0 spiro atoms. The first-order valence-corrected chi connectivity index (χ1v) is 8.86. The molecule has 0 saturated carbocycles. The maximum absolute atomic E-state index is 12.4. The second kappa shape index (κ2) is 7.70. The monoisotopic (exact) mass is 342 g/mol. The molecule has 0 unspecified atom stereocenters. The Morgan fingerprint density at radius 1 is 1.32 bits per heavy atom. The average Bonchev–Trinajstić information content (AvgIpc) is 2.90. The molecule has 6 heteroatoms. The molecule has 2 aromatic rings. The second-order valence-electron chi connectivity index (χ2n) is 6.45. The van der Waals surface area contributed by atoms with Gasteiger partial charge < -0.3 is 15.4 Å². The van der Waals surface area contributed by atoms with Crippen LogP contribution in [-0.2, 0) is 11.3 Å². The highest BCUT2D eigenvalue weighted by molar-refractivity contribution is 5.90. The van der Waals surface area contributed by atoms with Crippen molar-refractivity contribution in [3.05, 3.63) is 47.3 Å². The first kappa shape index (κ1) is 17.5. The number of benzene rings is 1. The summed E-state index contributed by atoms with van der Waals surface area (Å²) < 4.78 is 7.76. The average molecular weight is 342 g/mol. The fraction of sp³-hybridized carbons (Fsp3) is 0.474. The number of aromatic nitrogens is 2. The van der Waals surface area contributed by atoms with Crippen molar-refractivity contribution < 1.29 is 9.53 Å². The highest BCUT2D eigenvalue weighted by Crippen LogP contribution is 2.28. The molecule has 3 rings (SSSR count). The molecular weight excluding hydrogens is 316 g/mol. The molecule has 2 atom stereocenters. The molecule has 0 radical (unpaired) electrons. The van der Waals surface area contributed by atoms with E-state index in [1.54, 1.807) is 0 Å². The third-order valence-electron chi connectivity index (χ3n) is 4.71. The van der Waals surface area contributed by atoms with Crippen LogP contribution in [0.2, 0.25) is 0 Å². The van der Waals surface area contributed by atoms with E-state index in [0.29, 0.717) is 6.61 Å². The van der Waals surface area contributed by atoms with Gasteiger partial charge in [0.05, 0.1) is 23.2 Å². The summed E-state index contributed by atoms with van der Waals surface area (Å²) in [6.45, 7) is 7.35. The summed E-state index contributed by atoms with van der Waals surface area (Å²) in [6.07, 6.45) is 1.64. The van der Waals surface area contributed by atoms with E-state index in [2.05, 4.69) is 27.9 Å². The number of rotatable bonds is 4. The summed E-state index contributed by atoms with van der Waals surface area (Å²) in [6, 6.07) is 10.1. The zero-order chi connectivity index (χ0) is 17.8. The Hall–Kier alpha value is -2.34. The molecule has 0 bridgehead atoms. The number of hydrogen-bond donors (Lipinski definition) is 2. The number of carbonyl (C=O) groups excluding carboxylic acids is 1. The van der Waals surface area contributed by atoms with Crippen LogP contribution in [0.1, 0.15) is 42.8 Å². The molecule has 1 aliphatic rings. The fourth-order valence-corrected chi connectivity index (χ4v) is 3.35. The second-order valence-corrected chi connectivity index (χ2v) is 6.45. The van der Waals surface area contributed by atoms with Gasteiger partial charge in [0, 0.05) is 19.2 Å². The Labute approximate surface area is 148 Å². The number of ether oxygens (including phenoxy) is 1. The van der Waals surface area contributed by atoms with Crippen molar-refractivity contribution in [1.29, 1.82) is 0 Å². The standard InChI is InChI=1S/C19H26N4O2/c1-4-23-14(3)18(13(2)22-23)21-19(24)20-16-10-11-25-17(12-16)15-8-6-5-7-9-15/h5-9,16-17H,4,10-12H2,1-3H3,(H2,20,21,24)/t16-,17+/m1/s1. The van der Waals surface area contributed by atoms with Gasteiger partial charge in [-0.15, -0.1) is 0 Å². The van der Waals surface area contributed by atoms with Crippen molar-refractivity contribution in [2.75, 3.05) is 11.9 Å². The molecule has 2 amide bonds. The number of nitrogens with one attached hydrogen (secondary N) is 2. The minimum Gasteiger partial charge on any atom is -0.373 e. The van der Waals surface area contributed by atoms with Crippen LogP contribution in [0.25, 0.3) is 0 Å². The quantitative estimate of drug-likeness (QED) is 0.893. The molecule has 6 nitrogen and oxygen atoms in total. The molecule has 1 aliphatic heterocycles. The maximum atomic E-state index is 12.4. The Kier molecular flexibility index (Phi) is 5.38. The minimum absolute atomic E-state index is 0.0339. The predicted octanol–water partition coefficient (Wildman–Crippen LogP) is 3.56. The number of hydrogen-bond acceptors (Lipinski definition) is 3. The Balaban J connectivity index is 1.60. The number of anilines is 1. The third kappa shape index (κ3) is 4.02. The number of amides is 2. The Bertz CT molecular complexity index is 727. The van der Waals surface area contributed by atoms with Gasteiger partial charge >= 0.3 is 6.03 Å². The third-order valence-corrected chi connectivity index (χ3v) is 4.71. The van der Waals surface area contributed by atoms with E-state index >= 15 is 0 Å². The SMILES string of the molecule is CCn1nc(C)c(NC(=O)N[C@@H]2CCO[C@H](c3ccccc3)C2)c1C. The highest BCUT2D eigenvalue weighted by Gasteiger charge is 2.25. The van der Waals surface area contributed by atoms with E-state index in [0.717, 1.165) is 42.0 Å². The van der Waals surface area contributed by atoms with Gasteiger partial charge in [-0.2, -0.15) is 5.10 Å². The molecule has 25 heavy (non-hydrogen) atoms. The lowest BCUT2D eigenvalue weighted by Crippen LogP contribution is -2.42. The Morgan fingerprint density at radius 2 is 2.08 bits per heavy atom. The largest absolute Gasteiger partial charge is 0.373 e. The maximum Gasteiger partial charge on any atom is 0.319 e. The van der Waals surface area contributed by atoms with Crippen LogP contribution in [0.4, 0.5) is 10.5 Å². The van der Waals surface area contributed by atoms with E-state index in [9.17, 15) is 4.79 Å². The number of nitrogens with zero attached hydrogens (tertiary/aromatic N) is 2. The summed E-state index contributed by atoms with van der Waals surface area (Å²) in [5, 5.41) is 10.5. The predicted molar refractivity (Wildman–Crippen MR) is 97.7 cm³/mol. The van der Waals surface area contributed by atoms with E-state index in [1.807, 2.05) is 43.7 Å². The minimum atomic E-state index is -0.180. The van der Waals surface area contributed by atoms with Crippen molar-refractivity contribution in [2.45, 2.75) is 52.3 Å². The molecule has 1 aromatic heterocycles. The molecule has 0 aliphatic carbocycles. The van der Waals surface area contributed by atoms with E-state index in [1.165, 1.54) is 0 Å². The normalized spacial score (nSPS) is 20.3. The van der Waals surface area contributed by atoms with Crippen LogP contribution >= 0.6 is 0 Å². The van der Waals surface area contributed by atoms with Crippen molar-refractivity contribution >= 4 is 11.7 Å². The van der Waals surface area contributed by atoms with E-state index in [4.69, 9.17) is 4.74 Å². The van der Waals surface area contributed by atoms with Gasteiger partial charge in [0.2, 0.25) is 0 Å². The van der Waals surface area contributed by atoms with Gasteiger partial charge in [-0.3, -0.25) is 4.68 Å². The van der Waals surface area contributed by atoms with Crippen LogP contribution in [0, 0.1) is 13.8 Å². The van der Waals surface area contributed by atoms with Gasteiger partial charge in [0.1, 0.15) is 0 Å². The zero-order valence-corrected chi connectivity index (χ0v) is 15.1. The summed E-state index contributed by atoms with van der Waals surface area (Å²) in [5.41, 5.74) is 3.77. The molecule has 134 valence electrons.